The largest absolute Gasteiger partial charge is 0.497 e. The summed E-state index contributed by atoms with van der Waals surface area (Å²) in [6.07, 6.45) is 7.82. The molecule has 0 unspecified atom stereocenters. The second-order valence-electron chi connectivity index (χ2n) is 5.20. The van der Waals surface area contributed by atoms with Crippen LogP contribution in [0.25, 0.3) is 6.08 Å². The molecule has 0 atom stereocenters. The third-order valence-corrected chi connectivity index (χ3v) is 4.67. The summed E-state index contributed by atoms with van der Waals surface area (Å²) < 4.78 is 5.16. The summed E-state index contributed by atoms with van der Waals surface area (Å²) >= 11 is 1.59. The number of benzene rings is 1. The van der Waals surface area contributed by atoms with Crippen LogP contribution in [0.4, 0.5) is 5.13 Å². The number of ether oxygens (including phenoxy) is 1. The number of carbonyl (C=O) groups excluding carboxylic acids is 1. The fourth-order valence-corrected chi connectivity index (χ4v) is 3.52. The minimum Gasteiger partial charge on any atom is -0.497 e. The molecule has 0 saturated heterocycles. The van der Waals surface area contributed by atoms with E-state index in [2.05, 4.69) is 10.3 Å². The van der Waals surface area contributed by atoms with E-state index in [1.165, 1.54) is 23.8 Å². The lowest BCUT2D eigenvalue weighted by molar-refractivity contribution is -0.111. The minimum absolute atomic E-state index is 0. The number of nitrogens with one attached hydrogen (secondary N) is 1. The van der Waals surface area contributed by atoms with Crippen molar-refractivity contribution in [3.05, 3.63) is 46.5 Å². The molecule has 122 valence electrons. The molecule has 0 spiro atoms. The molecule has 1 amide bonds. The van der Waals surface area contributed by atoms with Crippen LogP contribution in [0.5, 0.6) is 5.75 Å². The first-order chi connectivity index (χ1) is 10.7. The van der Waals surface area contributed by atoms with E-state index < -0.39 is 0 Å². The van der Waals surface area contributed by atoms with Gasteiger partial charge >= 0.3 is 0 Å². The average molecular weight is 351 g/mol. The van der Waals surface area contributed by atoms with Crippen molar-refractivity contribution in [1.29, 1.82) is 0 Å². The summed E-state index contributed by atoms with van der Waals surface area (Å²) in [6, 6.07) is 7.57. The third-order valence-electron chi connectivity index (χ3n) is 3.60. The van der Waals surface area contributed by atoms with E-state index in [1.54, 1.807) is 24.5 Å². The number of thiazole rings is 1. The van der Waals surface area contributed by atoms with Gasteiger partial charge in [0.05, 0.1) is 12.8 Å². The summed E-state index contributed by atoms with van der Waals surface area (Å²) in [6.45, 7) is 0. The van der Waals surface area contributed by atoms with Crippen molar-refractivity contribution in [2.24, 2.45) is 0 Å². The Balaban J connectivity index is 0.00000192. The van der Waals surface area contributed by atoms with Crippen LogP contribution in [0.15, 0.2) is 30.3 Å². The molecule has 6 heteroatoms. The van der Waals surface area contributed by atoms with Crippen LogP contribution in [0.2, 0.25) is 0 Å². The van der Waals surface area contributed by atoms with E-state index in [1.807, 2.05) is 24.3 Å². The zero-order chi connectivity index (χ0) is 15.4. The highest BCUT2D eigenvalue weighted by Gasteiger charge is 2.15. The van der Waals surface area contributed by atoms with Crippen LogP contribution >= 0.6 is 23.7 Å². The number of rotatable bonds is 4. The van der Waals surface area contributed by atoms with Crippen LogP contribution in [0.3, 0.4) is 0 Å². The van der Waals surface area contributed by atoms with Crippen molar-refractivity contribution in [1.82, 2.24) is 4.98 Å². The molecule has 1 aliphatic rings. The lowest BCUT2D eigenvalue weighted by Crippen LogP contribution is -2.07. The van der Waals surface area contributed by atoms with Gasteiger partial charge in [0.25, 0.3) is 0 Å². The van der Waals surface area contributed by atoms with Gasteiger partial charge in [-0.15, -0.1) is 23.7 Å². The normalized spacial score (nSPS) is 13.3. The number of amides is 1. The highest BCUT2D eigenvalue weighted by molar-refractivity contribution is 7.15. The van der Waals surface area contributed by atoms with Crippen LogP contribution in [-0.2, 0) is 17.6 Å². The molecule has 23 heavy (non-hydrogen) atoms. The smallest absolute Gasteiger partial charge is 0.250 e. The Labute approximate surface area is 146 Å². The topological polar surface area (TPSA) is 51.2 Å². The Bertz CT molecular complexity index is 689. The molecule has 0 radical (unpaired) electrons. The van der Waals surface area contributed by atoms with E-state index in [0.717, 1.165) is 29.8 Å². The SMILES string of the molecule is COc1cccc(/C=C/C(=O)Nc2nc3c(s2)CCCC3)c1.Cl. The average Bonchev–Trinajstić information content (AvgIpc) is 2.95. The monoisotopic (exact) mass is 350 g/mol. The van der Waals surface area contributed by atoms with Gasteiger partial charge in [0.15, 0.2) is 5.13 Å². The Morgan fingerprint density at radius 1 is 1.35 bits per heavy atom. The highest BCUT2D eigenvalue weighted by Crippen LogP contribution is 2.29. The molecular formula is C17H19ClN2O2S. The molecular weight excluding hydrogens is 332 g/mol. The molecule has 1 N–H and O–H groups in total. The van der Waals surface area contributed by atoms with Gasteiger partial charge in [-0.3, -0.25) is 10.1 Å². The third kappa shape index (κ3) is 4.56. The summed E-state index contributed by atoms with van der Waals surface area (Å²) in [7, 11) is 1.62. The first-order valence-electron chi connectivity index (χ1n) is 7.36. The summed E-state index contributed by atoms with van der Waals surface area (Å²) in [5.74, 6) is 0.615. The van der Waals surface area contributed by atoms with Crippen LogP contribution in [0, 0.1) is 0 Å². The molecule has 0 bridgehead atoms. The Kier molecular flexibility index (Phi) is 6.19. The maximum atomic E-state index is 12.0. The fourth-order valence-electron chi connectivity index (χ4n) is 2.47. The van der Waals surface area contributed by atoms with E-state index in [-0.39, 0.29) is 18.3 Å². The van der Waals surface area contributed by atoms with Crippen LogP contribution in [-0.4, -0.2) is 18.0 Å². The summed E-state index contributed by atoms with van der Waals surface area (Å²) in [5.41, 5.74) is 2.08. The lowest BCUT2D eigenvalue weighted by atomic mass is 10.0. The number of aryl methyl sites for hydroxylation is 2. The molecule has 0 aliphatic heterocycles. The molecule has 4 nitrogen and oxygen atoms in total. The van der Waals surface area contributed by atoms with Gasteiger partial charge in [0.1, 0.15) is 5.75 Å². The molecule has 1 heterocycles. The zero-order valence-corrected chi connectivity index (χ0v) is 14.5. The van der Waals surface area contributed by atoms with Crippen molar-refractivity contribution in [2.75, 3.05) is 12.4 Å². The number of hydrogen-bond acceptors (Lipinski definition) is 4. The van der Waals surface area contributed by atoms with Gasteiger partial charge in [-0.1, -0.05) is 12.1 Å². The van der Waals surface area contributed by atoms with E-state index in [9.17, 15) is 4.79 Å². The number of anilines is 1. The predicted octanol–water partition coefficient (Wildman–Crippen LogP) is 4.10. The predicted molar refractivity (Wildman–Crippen MR) is 96.7 cm³/mol. The van der Waals surface area contributed by atoms with Crippen LogP contribution < -0.4 is 10.1 Å². The van der Waals surface area contributed by atoms with E-state index in [0.29, 0.717) is 5.13 Å². The van der Waals surface area contributed by atoms with Crippen molar-refractivity contribution >= 4 is 40.9 Å². The fraction of sp³-hybridized carbons (Fsp3) is 0.294. The molecule has 3 rings (SSSR count). The summed E-state index contributed by atoms with van der Waals surface area (Å²) in [5, 5.41) is 3.55. The van der Waals surface area contributed by atoms with Gasteiger partial charge in [-0.25, -0.2) is 4.98 Å². The number of hydrogen-bond donors (Lipinski definition) is 1. The number of nitrogens with zero attached hydrogens (tertiary/aromatic N) is 1. The Morgan fingerprint density at radius 3 is 2.96 bits per heavy atom. The standard InChI is InChI=1S/C17H18N2O2S.ClH/c1-21-13-6-4-5-12(11-13)9-10-16(20)19-17-18-14-7-2-3-8-15(14)22-17;/h4-6,9-11H,2-3,7-8H2,1H3,(H,18,19,20);1H/b10-9+;. The number of aromatic nitrogens is 1. The molecule has 1 aromatic heterocycles. The van der Waals surface area contributed by atoms with Crippen molar-refractivity contribution in [2.45, 2.75) is 25.7 Å². The van der Waals surface area contributed by atoms with Gasteiger partial charge in [0, 0.05) is 11.0 Å². The first kappa shape index (κ1) is 17.5. The molecule has 1 aromatic carbocycles. The molecule has 2 aromatic rings. The van der Waals surface area contributed by atoms with Gasteiger partial charge < -0.3 is 4.74 Å². The zero-order valence-electron chi connectivity index (χ0n) is 12.9. The second-order valence-corrected chi connectivity index (χ2v) is 6.28. The quantitative estimate of drug-likeness (QED) is 0.844. The number of fused-ring (bicyclic) bond motifs is 1. The van der Waals surface area contributed by atoms with E-state index in [4.69, 9.17) is 4.74 Å². The Morgan fingerprint density at radius 2 is 2.17 bits per heavy atom. The maximum Gasteiger partial charge on any atom is 0.250 e. The van der Waals surface area contributed by atoms with Crippen molar-refractivity contribution in [3.63, 3.8) is 0 Å². The lowest BCUT2D eigenvalue weighted by Gasteiger charge is -2.06. The first-order valence-corrected chi connectivity index (χ1v) is 8.18. The van der Waals surface area contributed by atoms with E-state index >= 15 is 0 Å². The van der Waals surface area contributed by atoms with Gasteiger partial charge in [-0.05, 0) is 49.5 Å². The maximum absolute atomic E-state index is 12.0. The molecule has 0 fully saturated rings. The number of carbonyl (C=O) groups is 1. The number of methoxy groups -OCH3 is 1. The Hall–Kier alpha value is -1.85. The minimum atomic E-state index is -0.158. The molecule has 0 saturated carbocycles. The molecule has 1 aliphatic carbocycles. The van der Waals surface area contributed by atoms with Crippen LogP contribution in [0.1, 0.15) is 29.0 Å². The second kappa shape index (κ2) is 8.13. The van der Waals surface area contributed by atoms with Gasteiger partial charge in [0.2, 0.25) is 5.91 Å². The number of halogens is 1. The van der Waals surface area contributed by atoms with Gasteiger partial charge in [-0.2, -0.15) is 0 Å². The van der Waals surface area contributed by atoms with Crippen molar-refractivity contribution < 1.29 is 9.53 Å². The van der Waals surface area contributed by atoms with Crippen molar-refractivity contribution in [3.8, 4) is 5.75 Å². The summed E-state index contributed by atoms with van der Waals surface area (Å²) in [4.78, 5) is 17.8. The highest BCUT2D eigenvalue weighted by atomic mass is 35.5.